The van der Waals surface area contributed by atoms with Crippen LogP contribution < -0.4 is 5.73 Å². The Morgan fingerprint density at radius 3 is 2.82 bits per heavy atom. The van der Waals surface area contributed by atoms with Crippen LogP contribution in [0.15, 0.2) is 42.9 Å². The minimum absolute atomic E-state index is 0.534. The Hall–Kier alpha value is -2.36. The number of hydrogen-bond donors (Lipinski definition) is 1. The van der Waals surface area contributed by atoms with Crippen molar-refractivity contribution in [2.45, 2.75) is 6.92 Å². The third-order valence-electron chi connectivity index (χ3n) is 2.86. The zero-order valence-corrected chi connectivity index (χ0v) is 9.46. The Morgan fingerprint density at radius 2 is 2.06 bits per heavy atom. The molecular weight excluding hydrogens is 212 g/mol. The molecule has 0 unspecified atom stereocenters. The van der Waals surface area contributed by atoms with Crippen LogP contribution in [0.2, 0.25) is 0 Å². The van der Waals surface area contributed by atoms with E-state index in [4.69, 9.17) is 5.73 Å². The van der Waals surface area contributed by atoms with Crippen molar-refractivity contribution in [3.05, 3.63) is 48.4 Å². The van der Waals surface area contributed by atoms with Crippen LogP contribution in [0, 0.1) is 6.92 Å². The Bertz CT molecular complexity index is 667. The van der Waals surface area contributed by atoms with Crippen molar-refractivity contribution in [3.8, 4) is 11.1 Å². The smallest absolute Gasteiger partial charge is 0.123 e. The van der Waals surface area contributed by atoms with Gasteiger partial charge in [0.2, 0.25) is 0 Å². The van der Waals surface area contributed by atoms with Crippen LogP contribution in [0.5, 0.6) is 0 Å². The largest absolute Gasteiger partial charge is 0.384 e. The normalized spacial score (nSPS) is 10.9. The highest BCUT2D eigenvalue weighted by molar-refractivity contribution is 5.82. The van der Waals surface area contributed by atoms with Crippen molar-refractivity contribution < 1.29 is 0 Å². The maximum absolute atomic E-state index is 5.61. The number of nitrogens with zero attached hydrogens (tertiary/aromatic N) is 3. The second-order valence-corrected chi connectivity index (χ2v) is 4.01. The van der Waals surface area contributed by atoms with Crippen LogP contribution in [-0.4, -0.2) is 14.6 Å². The van der Waals surface area contributed by atoms with Gasteiger partial charge in [0, 0.05) is 29.7 Å². The van der Waals surface area contributed by atoms with E-state index in [1.807, 2.05) is 35.0 Å². The van der Waals surface area contributed by atoms with E-state index in [9.17, 15) is 0 Å². The molecule has 0 aliphatic heterocycles. The van der Waals surface area contributed by atoms with E-state index >= 15 is 0 Å². The summed E-state index contributed by atoms with van der Waals surface area (Å²) in [6.07, 6.45) is 5.55. The number of fused-ring (bicyclic) bond motifs is 1. The van der Waals surface area contributed by atoms with Crippen molar-refractivity contribution in [1.82, 2.24) is 14.6 Å². The summed E-state index contributed by atoms with van der Waals surface area (Å²) in [5.41, 5.74) is 10.1. The van der Waals surface area contributed by atoms with Crippen molar-refractivity contribution in [2.24, 2.45) is 0 Å². The van der Waals surface area contributed by atoms with Crippen molar-refractivity contribution in [3.63, 3.8) is 0 Å². The maximum Gasteiger partial charge on any atom is 0.123 e. The lowest BCUT2D eigenvalue weighted by Crippen LogP contribution is -1.94. The standard InChI is InChI=1S/C13H12N4/c1-9-5-7-17-11(4-6-16-17)13(9)10-2-3-12(14)15-8-10/h2-8H,1H3,(H2,14,15). The van der Waals surface area contributed by atoms with Crippen LogP contribution in [0.3, 0.4) is 0 Å². The third-order valence-corrected chi connectivity index (χ3v) is 2.86. The summed E-state index contributed by atoms with van der Waals surface area (Å²) in [4.78, 5) is 4.14. The number of anilines is 1. The molecule has 0 spiro atoms. The van der Waals surface area contributed by atoms with Crippen LogP contribution in [0.25, 0.3) is 16.6 Å². The molecule has 0 fully saturated rings. The molecule has 0 saturated heterocycles. The van der Waals surface area contributed by atoms with E-state index < -0.39 is 0 Å². The molecule has 3 aromatic heterocycles. The van der Waals surface area contributed by atoms with Gasteiger partial charge in [0.1, 0.15) is 5.82 Å². The molecule has 3 heterocycles. The Morgan fingerprint density at radius 1 is 1.18 bits per heavy atom. The van der Waals surface area contributed by atoms with E-state index in [1.165, 1.54) is 5.56 Å². The summed E-state index contributed by atoms with van der Waals surface area (Å²) in [6.45, 7) is 2.08. The summed E-state index contributed by atoms with van der Waals surface area (Å²) in [6, 6.07) is 7.84. The van der Waals surface area contributed by atoms with E-state index in [-0.39, 0.29) is 0 Å². The quantitative estimate of drug-likeness (QED) is 0.690. The fraction of sp³-hybridized carbons (Fsp3) is 0.0769. The second kappa shape index (κ2) is 3.59. The highest BCUT2D eigenvalue weighted by Crippen LogP contribution is 2.27. The number of pyridine rings is 2. The van der Waals surface area contributed by atoms with Gasteiger partial charge in [0.25, 0.3) is 0 Å². The summed E-state index contributed by atoms with van der Waals surface area (Å²) >= 11 is 0. The van der Waals surface area contributed by atoms with E-state index in [0.717, 1.165) is 16.6 Å². The predicted molar refractivity (Wildman–Crippen MR) is 67.6 cm³/mol. The predicted octanol–water partition coefficient (Wildman–Crippen LogP) is 2.29. The average molecular weight is 224 g/mol. The molecule has 0 saturated carbocycles. The van der Waals surface area contributed by atoms with Gasteiger partial charge in [0.15, 0.2) is 0 Å². The molecule has 0 aromatic carbocycles. The first-order valence-electron chi connectivity index (χ1n) is 5.40. The topological polar surface area (TPSA) is 56.2 Å². The van der Waals surface area contributed by atoms with Crippen LogP contribution in [-0.2, 0) is 0 Å². The summed E-state index contributed by atoms with van der Waals surface area (Å²) in [7, 11) is 0. The Kier molecular flexibility index (Phi) is 2.08. The van der Waals surface area contributed by atoms with Crippen LogP contribution in [0.1, 0.15) is 5.56 Å². The zero-order valence-electron chi connectivity index (χ0n) is 9.46. The first kappa shape index (κ1) is 9.84. The van der Waals surface area contributed by atoms with Crippen LogP contribution in [0.4, 0.5) is 5.82 Å². The SMILES string of the molecule is Cc1ccn2nccc2c1-c1ccc(N)nc1. The van der Waals surface area contributed by atoms with Gasteiger partial charge in [-0.15, -0.1) is 0 Å². The van der Waals surface area contributed by atoms with Crippen molar-refractivity contribution in [2.75, 3.05) is 5.73 Å². The zero-order chi connectivity index (χ0) is 11.8. The molecule has 4 nitrogen and oxygen atoms in total. The molecule has 3 rings (SSSR count). The molecule has 0 bridgehead atoms. The number of aromatic nitrogens is 3. The van der Waals surface area contributed by atoms with Gasteiger partial charge in [-0.3, -0.25) is 0 Å². The monoisotopic (exact) mass is 224 g/mol. The fourth-order valence-corrected chi connectivity index (χ4v) is 2.03. The molecule has 0 atom stereocenters. The molecular formula is C13H12N4. The van der Waals surface area contributed by atoms with Gasteiger partial charge in [-0.05, 0) is 36.8 Å². The molecule has 2 N–H and O–H groups in total. The summed E-state index contributed by atoms with van der Waals surface area (Å²) in [5.74, 6) is 0.534. The number of aryl methyl sites for hydroxylation is 1. The number of nitrogens with two attached hydrogens (primary N) is 1. The van der Waals surface area contributed by atoms with Gasteiger partial charge in [-0.25, -0.2) is 9.50 Å². The molecule has 84 valence electrons. The van der Waals surface area contributed by atoms with Gasteiger partial charge in [-0.2, -0.15) is 5.10 Å². The summed E-state index contributed by atoms with van der Waals surface area (Å²) < 4.78 is 1.86. The molecule has 3 aromatic rings. The van der Waals surface area contributed by atoms with Gasteiger partial charge in [0.05, 0.1) is 5.52 Å². The molecule has 0 aliphatic rings. The minimum atomic E-state index is 0.534. The second-order valence-electron chi connectivity index (χ2n) is 4.01. The molecule has 0 aliphatic carbocycles. The van der Waals surface area contributed by atoms with E-state index in [2.05, 4.69) is 17.0 Å². The highest BCUT2D eigenvalue weighted by atomic mass is 15.2. The average Bonchev–Trinajstić information content (AvgIpc) is 2.79. The van der Waals surface area contributed by atoms with Crippen molar-refractivity contribution >= 4 is 11.3 Å². The van der Waals surface area contributed by atoms with Gasteiger partial charge >= 0.3 is 0 Å². The lowest BCUT2D eigenvalue weighted by Gasteiger charge is -2.08. The maximum atomic E-state index is 5.61. The molecule has 0 radical (unpaired) electrons. The van der Waals surface area contributed by atoms with Crippen molar-refractivity contribution in [1.29, 1.82) is 0 Å². The minimum Gasteiger partial charge on any atom is -0.384 e. The fourth-order valence-electron chi connectivity index (χ4n) is 2.03. The first-order chi connectivity index (χ1) is 8.25. The number of rotatable bonds is 1. The van der Waals surface area contributed by atoms with E-state index in [1.54, 1.807) is 12.4 Å². The summed E-state index contributed by atoms with van der Waals surface area (Å²) in [5, 5.41) is 4.24. The Labute approximate surface area is 98.7 Å². The Balaban J connectivity index is 2.31. The lowest BCUT2D eigenvalue weighted by molar-refractivity contribution is 0.959. The van der Waals surface area contributed by atoms with E-state index in [0.29, 0.717) is 5.82 Å². The van der Waals surface area contributed by atoms with Gasteiger partial charge < -0.3 is 5.73 Å². The van der Waals surface area contributed by atoms with Gasteiger partial charge in [-0.1, -0.05) is 0 Å². The number of nitrogen functional groups attached to an aromatic ring is 1. The van der Waals surface area contributed by atoms with Crippen LogP contribution >= 0.6 is 0 Å². The highest BCUT2D eigenvalue weighted by Gasteiger charge is 2.08. The lowest BCUT2D eigenvalue weighted by atomic mass is 10.0. The third kappa shape index (κ3) is 1.54. The molecule has 4 heteroatoms. The molecule has 0 amide bonds. The molecule has 17 heavy (non-hydrogen) atoms. The first-order valence-corrected chi connectivity index (χ1v) is 5.40. The number of hydrogen-bond acceptors (Lipinski definition) is 3.